The fourth-order valence-electron chi connectivity index (χ4n) is 2.24. The number of amides is 1. The van der Waals surface area contributed by atoms with E-state index in [-0.39, 0.29) is 11.7 Å². The molecule has 0 unspecified atom stereocenters. The van der Waals surface area contributed by atoms with E-state index in [0.717, 1.165) is 32.6 Å². The summed E-state index contributed by atoms with van der Waals surface area (Å²) in [7, 11) is 0. The van der Waals surface area contributed by atoms with E-state index in [9.17, 15) is 9.18 Å². The van der Waals surface area contributed by atoms with Gasteiger partial charge in [0, 0.05) is 18.7 Å². The van der Waals surface area contributed by atoms with E-state index in [1.54, 1.807) is 6.07 Å². The molecule has 1 aromatic rings. The van der Waals surface area contributed by atoms with Gasteiger partial charge < -0.3 is 9.80 Å². The van der Waals surface area contributed by atoms with Crippen molar-refractivity contribution in [1.82, 2.24) is 9.80 Å². The second-order valence-corrected chi connectivity index (χ2v) is 5.75. The summed E-state index contributed by atoms with van der Waals surface area (Å²) in [5.41, 5.74) is 0.521. The Morgan fingerprint density at radius 2 is 1.81 bits per heavy atom. The third kappa shape index (κ3) is 5.40. The molecular weight excluding hydrogens is 335 g/mol. The normalized spacial score (nSPS) is 11.0. The molecule has 0 aliphatic rings. The summed E-state index contributed by atoms with van der Waals surface area (Å²) >= 11 is 3.12. The second-order valence-electron chi connectivity index (χ2n) is 4.89. The standard InChI is InChI=1S/C16H24BrFN2O/c1-4-19(5-2)10-7-11-20(6-3)16(21)13-8-9-15(18)14(17)12-13/h8-9,12H,4-7,10-11H2,1-3H3. The summed E-state index contributed by atoms with van der Waals surface area (Å²) < 4.78 is 13.6. The number of benzene rings is 1. The number of carbonyl (C=O) groups excluding carboxylic acids is 1. The van der Waals surface area contributed by atoms with Gasteiger partial charge in [-0.05, 0) is 67.1 Å². The van der Waals surface area contributed by atoms with Crippen LogP contribution in [-0.4, -0.2) is 48.4 Å². The number of halogens is 2. The SMILES string of the molecule is CCN(CC)CCCN(CC)C(=O)c1ccc(F)c(Br)c1. The smallest absolute Gasteiger partial charge is 0.253 e. The molecule has 0 radical (unpaired) electrons. The molecule has 0 spiro atoms. The van der Waals surface area contributed by atoms with Crippen LogP contribution in [0.4, 0.5) is 4.39 Å². The Morgan fingerprint density at radius 3 is 2.33 bits per heavy atom. The number of hydrogen-bond donors (Lipinski definition) is 0. The van der Waals surface area contributed by atoms with Gasteiger partial charge >= 0.3 is 0 Å². The minimum atomic E-state index is -0.351. The number of rotatable bonds is 8. The molecule has 0 atom stereocenters. The van der Waals surface area contributed by atoms with Crippen molar-refractivity contribution < 1.29 is 9.18 Å². The zero-order valence-corrected chi connectivity index (χ0v) is 14.6. The molecule has 0 saturated carbocycles. The van der Waals surface area contributed by atoms with Crippen molar-refractivity contribution >= 4 is 21.8 Å². The molecule has 0 N–H and O–H groups in total. The van der Waals surface area contributed by atoms with Crippen LogP contribution in [0.1, 0.15) is 37.6 Å². The summed E-state index contributed by atoms with van der Waals surface area (Å²) in [6.45, 7) is 10.7. The predicted molar refractivity (Wildman–Crippen MR) is 88.1 cm³/mol. The highest BCUT2D eigenvalue weighted by atomic mass is 79.9. The fraction of sp³-hybridized carbons (Fsp3) is 0.562. The van der Waals surface area contributed by atoms with Crippen LogP contribution in [0.2, 0.25) is 0 Å². The molecule has 0 bridgehead atoms. The minimum absolute atomic E-state index is 0.0438. The van der Waals surface area contributed by atoms with Gasteiger partial charge in [0.05, 0.1) is 4.47 Å². The van der Waals surface area contributed by atoms with E-state index in [4.69, 9.17) is 0 Å². The number of hydrogen-bond acceptors (Lipinski definition) is 2. The molecule has 118 valence electrons. The van der Waals surface area contributed by atoms with Gasteiger partial charge in [0.1, 0.15) is 5.82 Å². The highest BCUT2D eigenvalue weighted by Crippen LogP contribution is 2.18. The van der Waals surface area contributed by atoms with E-state index in [1.165, 1.54) is 12.1 Å². The molecule has 1 aromatic carbocycles. The van der Waals surface area contributed by atoms with Crippen LogP contribution in [-0.2, 0) is 0 Å². The van der Waals surface area contributed by atoms with Gasteiger partial charge in [0.15, 0.2) is 0 Å². The fourth-order valence-corrected chi connectivity index (χ4v) is 2.62. The second kappa shape index (κ2) is 9.15. The quantitative estimate of drug-likeness (QED) is 0.705. The summed E-state index contributed by atoms with van der Waals surface area (Å²) in [6.07, 6.45) is 0.948. The molecule has 1 rings (SSSR count). The third-order valence-electron chi connectivity index (χ3n) is 3.63. The van der Waals surface area contributed by atoms with Gasteiger partial charge in [-0.1, -0.05) is 13.8 Å². The molecule has 5 heteroatoms. The first-order valence-corrected chi connectivity index (χ1v) is 8.29. The highest BCUT2D eigenvalue weighted by Gasteiger charge is 2.15. The minimum Gasteiger partial charge on any atom is -0.339 e. The molecule has 0 fully saturated rings. The van der Waals surface area contributed by atoms with Crippen molar-refractivity contribution in [2.75, 3.05) is 32.7 Å². The number of nitrogens with zero attached hydrogens (tertiary/aromatic N) is 2. The van der Waals surface area contributed by atoms with Gasteiger partial charge in [-0.25, -0.2) is 4.39 Å². The number of carbonyl (C=O) groups is 1. The first kappa shape index (κ1) is 18.1. The van der Waals surface area contributed by atoms with Crippen molar-refractivity contribution in [2.45, 2.75) is 27.2 Å². The summed E-state index contributed by atoms with van der Waals surface area (Å²) in [4.78, 5) is 16.6. The predicted octanol–water partition coefficient (Wildman–Crippen LogP) is 3.78. The van der Waals surface area contributed by atoms with Gasteiger partial charge in [0.2, 0.25) is 0 Å². The van der Waals surface area contributed by atoms with E-state index in [2.05, 4.69) is 34.7 Å². The van der Waals surface area contributed by atoms with Crippen molar-refractivity contribution in [1.29, 1.82) is 0 Å². The zero-order chi connectivity index (χ0) is 15.8. The van der Waals surface area contributed by atoms with Gasteiger partial charge in [0.25, 0.3) is 5.91 Å². The summed E-state index contributed by atoms with van der Waals surface area (Å²) in [5, 5.41) is 0. The lowest BCUT2D eigenvalue weighted by molar-refractivity contribution is 0.0757. The molecular formula is C16H24BrFN2O. The lowest BCUT2D eigenvalue weighted by atomic mass is 10.2. The maximum Gasteiger partial charge on any atom is 0.253 e. The third-order valence-corrected chi connectivity index (χ3v) is 4.24. The van der Waals surface area contributed by atoms with Crippen LogP contribution in [0.5, 0.6) is 0 Å². The Morgan fingerprint density at radius 1 is 1.14 bits per heavy atom. The molecule has 1 amide bonds. The molecule has 21 heavy (non-hydrogen) atoms. The first-order chi connectivity index (χ1) is 10.0. The Balaban J connectivity index is 2.62. The monoisotopic (exact) mass is 358 g/mol. The lowest BCUT2D eigenvalue weighted by Crippen LogP contribution is -2.34. The summed E-state index contributed by atoms with van der Waals surface area (Å²) in [5.74, 6) is -0.395. The van der Waals surface area contributed by atoms with Crippen molar-refractivity contribution in [3.8, 4) is 0 Å². The molecule has 3 nitrogen and oxygen atoms in total. The lowest BCUT2D eigenvalue weighted by Gasteiger charge is -2.23. The van der Waals surface area contributed by atoms with Gasteiger partial charge in [-0.3, -0.25) is 4.79 Å². The Labute approximate surface area is 135 Å². The van der Waals surface area contributed by atoms with Crippen LogP contribution >= 0.6 is 15.9 Å². The van der Waals surface area contributed by atoms with Crippen LogP contribution in [0.25, 0.3) is 0 Å². The van der Waals surface area contributed by atoms with E-state index in [0.29, 0.717) is 16.6 Å². The Hall–Kier alpha value is -0.940. The van der Waals surface area contributed by atoms with E-state index < -0.39 is 0 Å². The topological polar surface area (TPSA) is 23.6 Å². The maximum atomic E-state index is 13.2. The molecule has 0 aliphatic heterocycles. The Kier molecular flexibility index (Phi) is 7.89. The zero-order valence-electron chi connectivity index (χ0n) is 13.0. The van der Waals surface area contributed by atoms with Crippen LogP contribution in [0, 0.1) is 5.82 Å². The average molecular weight is 359 g/mol. The average Bonchev–Trinajstić information content (AvgIpc) is 2.50. The van der Waals surface area contributed by atoms with Crippen LogP contribution in [0.15, 0.2) is 22.7 Å². The molecule has 0 saturated heterocycles. The molecule has 0 aromatic heterocycles. The van der Waals surface area contributed by atoms with Crippen molar-refractivity contribution in [2.24, 2.45) is 0 Å². The first-order valence-electron chi connectivity index (χ1n) is 7.50. The highest BCUT2D eigenvalue weighted by molar-refractivity contribution is 9.10. The van der Waals surface area contributed by atoms with Crippen LogP contribution < -0.4 is 0 Å². The van der Waals surface area contributed by atoms with Gasteiger partial charge in [-0.2, -0.15) is 0 Å². The van der Waals surface area contributed by atoms with Crippen molar-refractivity contribution in [3.63, 3.8) is 0 Å². The van der Waals surface area contributed by atoms with Gasteiger partial charge in [-0.15, -0.1) is 0 Å². The Bertz CT molecular complexity index is 464. The van der Waals surface area contributed by atoms with Crippen molar-refractivity contribution in [3.05, 3.63) is 34.1 Å². The molecule has 0 heterocycles. The van der Waals surface area contributed by atoms with Crippen LogP contribution in [0.3, 0.4) is 0 Å². The maximum absolute atomic E-state index is 13.2. The summed E-state index contributed by atoms with van der Waals surface area (Å²) in [6, 6.07) is 4.40. The largest absolute Gasteiger partial charge is 0.339 e. The molecule has 0 aliphatic carbocycles. The van der Waals surface area contributed by atoms with E-state index in [1.807, 2.05) is 11.8 Å². The van der Waals surface area contributed by atoms with E-state index >= 15 is 0 Å².